The molecule has 17 heavy (non-hydrogen) atoms. The van der Waals surface area contributed by atoms with Gasteiger partial charge in [0, 0.05) is 25.9 Å². The van der Waals surface area contributed by atoms with Crippen LogP contribution in [0.1, 0.15) is 20.8 Å². The van der Waals surface area contributed by atoms with E-state index in [1.54, 1.807) is 21.0 Å². The van der Waals surface area contributed by atoms with Crippen molar-refractivity contribution in [1.29, 1.82) is 0 Å². The number of hydrogen-bond acceptors (Lipinski definition) is 4. The van der Waals surface area contributed by atoms with Gasteiger partial charge in [-0.3, -0.25) is 9.69 Å². The van der Waals surface area contributed by atoms with Crippen molar-refractivity contribution in [3.05, 3.63) is 0 Å². The average molecular weight is 264 g/mol. The van der Waals surface area contributed by atoms with Crippen LogP contribution in [0, 0.1) is 0 Å². The van der Waals surface area contributed by atoms with Gasteiger partial charge in [0.05, 0.1) is 12.3 Å². The Labute approximate surface area is 105 Å². The number of nitrogens with zero attached hydrogens (tertiary/aromatic N) is 2. The van der Waals surface area contributed by atoms with Crippen molar-refractivity contribution < 1.29 is 13.2 Å². The van der Waals surface area contributed by atoms with E-state index in [4.69, 9.17) is 0 Å². The Morgan fingerprint density at radius 1 is 1.24 bits per heavy atom. The zero-order valence-corrected chi connectivity index (χ0v) is 12.2. The number of rotatable bonds is 7. The van der Waals surface area contributed by atoms with Crippen molar-refractivity contribution in [3.63, 3.8) is 0 Å². The number of likely N-dealkylation sites (N-methyl/N-ethyl adjacent to an activating group) is 2. The summed E-state index contributed by atoms with van der Waals surface area (Å²) in [5.74, 6) is 0.252. The van der Waals surface area contributed by atoms with Crippen LogP contribution in [0.15, 0.2) is 0 Å². The summed E-state index contributed by atoms with van der Waals surface area (Å²) in [7, 11) is 0.400. The number of carbonyl (C=O) groups excluding carboxylic acids is 1. The van der Waals surface area contributed by atoms with Gasteiger partial charge in [-0.05, 0) is 13.5 Å². The summed E-state index contributed by atoms with van der Waals surface area (Å²) in [6.45, 7) is 6.35. The second kappa shape index (κ2) is 6.96. The maximum atomic E-state index is 11.6. The Balaban J connectivity index is 4.51. The second-order valence-electron chi connectivity index (χ2n) is 4.40. The summed E-state index contributed by atoms with van der Waals surface area (Å²) < 4.78 is 23.1. The van der Waals surface area contributed by atoms with Crippen molar-refractivity contribution in [2.24, 2.45) is 0 Å². The normalized spacial score (nSPS) is 13.8. The molecule has 0 radical (unpaired) electrons. The molecule has 6 heteroatoms. The fourth-order valence-corrected chi connectivity index (χ4v) is 2.67. The Morgan fingerprint density at radius 2 is 1.76 bits per heavy atom. The SMILES string of the molecule is CCN(CC(=O)N(C)C)C(C)CS(=O)(=O)CC. The minimum atomic E-state index is -3.00. The van der Waals surface area contributed by atoms with Crippen molar-refractivity contribution in [2.45, 2.75) is 26.8 Å². The fourth-order valence-electron chi connectivity index (χ4n) is 1.49. The summed E-state index contributed by atoms with van der Waals surface area (Å²) >= 11 is 0. The van der Waals surface area contributed by atoms with Crippen LogP contribution in [0.2, 0.25) is 0 Å². The van der Waals surface area contributed by atoms with Crippen LogP contribution in [0.3, 0.4) is 0 Å². The van der Waals surface area contributed by atoms with Gasteiger partial charge in [-0.1, -0.05) is 13.8 Å². The van der Waals surface area contributed by atoms with E-state index in [0.29, 0.717) is 6.54 Å². The molecule has 0 N–H and O–H groups in total. The Kier molecular flexibility index (Phi) is 6.70. The van der Waals surface area contributed by atoms with Gasteiger partial charge in [0.2, 0.25) is 5.91 Å². The maximum Gasteiger partial charge on any atom is 0.236 e. The summed E-state index contributed by atoms with van der Waals surface area (Å²) in [5, 5.41) is 0. The fraction of sp³-hybridized carbons (Fsp3) is 0.909. The van der Waals surface area contributed by atoms with Crippen LogP contribution in [0.25, 0.3) is 0 Å². The lowest BCUT2D eigenvalue weighted by atomic mass is 10.3. The lowest BCUT2D eigenvalue weighted by molar-refractivity contribution is -0.130. The van der Waals surface area contributed by atoms with Gasteiger partial charge in [-0.25, -0.2) is 8.42 Å². The molecule has 0 rings (SSSR count). The molecule has 0 aromatic rings. The summed E-state index contributed by atoms with van der Waals surface area (Å²) in [6, 6.07) is -0.131. The average Bonchev–Trinajstić information content (AvgIpc) is 2.24. The zero-order valence-electron chi connectivity index (χ0n) is 11.4. The van der Waals surface area contributed by atoms with E-state index in [2.05, 4.69) is 0 Å². The lowest BCUT2D eigenvalue weighted by Gasteiger charge is -2.28. The smallest absolute Gasteiger partial charge is 0.236 e. The molecule has 0 aliphatic heterocycles. The number of amides is 1. The van der Waals surface area contributed by atoms with Crippen LogP contribution in [0.4, 0.5) is 0 Å². The van der Waals surface area contributed by atoms with Crippen LogP contribution < -0.4 is 0 Å². The van der Waals surface area contributed by atoms with Gasteiger partial charge in [0.1, 0.15) is 0 Å². The van der Waals surface area contributed by atoms with Gasteiger partial charge in [-0.2, -0.15) is 0 Å². The molecule has 1 atom stereocenters. The quantitative estimate of drug-likeness (QED) is 0.660. The predicted molar refractivity (Wildman–Crippen MR) is 69.7 cm³/mol. The highest BCUT2D eigenvalue weighted by molar-refractivity contribution is 7.91. The molecule has 1 amide bonds. The maximum absolute atomic E-state index is 11.6. The van der Waals surface area contributed by atoms with Gasteiger partial charge >= 0.3 is 0 Å². The highest BCUT2D eigenvalue weighted by Crippen LogP contribution is 2.04. The first-order valence-electron chi connectivity index (χ1n) is 5.88. The molecule has 0 aromatic heterocycles. The van der Waals surface area contributed by atoms with Crippen LogP contribution >= 0.6 is 0 Å². The topological polar surface area (TPSA) is 57.7 Å². The van der Waals surface area contributed by atoms with Crippen LogP contribution in [0.5, 0.6) is 0 Å². The second-order valence-corrected chi connectivity index (χ2v) is 6.80. The third-order valence-corrected chi connectivity index (χ3v) is 4.67. The molecule has 0 aliphatic rings. The first kappa shape index (κ1) is 16.4. The van der Waals surface area contributed by atoms with Crippen molar-refractivity contribution in [2.75, 3.05) is 38.7 Å². The van der Waals surface area contributed by atoms with E-state index < -0.39 is 9.84 Å². The van der Waals surface area contributed by atoms with Gasteiger partial charge in [0.25, 0.3) is 0 Å². The summed E-state index contributed by atoms with van der Waals surface area (Å²) in [4.78, 5) is 15.0. The molecule has 0 heterocycles. The third-order valence-electron chi connectivity index (χ3n) is 2.80. The van der Waals surface area contributed by atoms with Crippen LogP contribution in [-0.4, -0.2) is 68.9 Å². The molecule has 0 aliphatic carbocycles. The number of carbonyl (C=O) groups is 1. The zero-order chi connectivity index (χ0) is 13.6. The minimum Gasteiger partial charge on any atom is -0.348 e. The highest BCUT2D eigenvalue weighted by atomic mass is 32.2. The van der Waals surface area contributed by atoms with E-state index in [1.165, 1.54) is 4.90 Å². The Bertz CT molecular complexity index is 339. The molecular weight excluding hydrogens is 240 g/mol. The van der Waals surface area contributed by atoms with Gasteiger partial charge in [0.15, 0.2) is 9.84 Å². The van der Waals surface area contributed by atoms with Gasteiger partial charge in [-0.15, -0.1) is 0 Å². The molecule has 0 aromatic carbocycles. The first-order chi connectivity index (χ1) is 7.73. The van der Waals surface area contributed by atoms with E-state index in [9.17, 15) is 13.2 Å². The molecule has 5 nitrogen and oxygen atoms in total. The summed E-state index contributed by atoms with van der Waals surface area (Å²) in [6.07, 6.45) is 0. The van der Waals surface area contributed by atoms with Crippen LogP contribution in [-0.2, 0) is 14.6 Å². The number of sulfone groups is 1. The largest absolute Gasteiger partial charge is 0.348 e. The molecule has 0 saturated carbocycles. The Hall–Kier alpha value is -0.620. The first-order valence-corrected chi connectivity index (χ1v) is 7.70. The molecule has 0 spiro atoms. The van der Waals surface area contributed by atoms with Crippen molar-refractivity contribution in [1.82, 2.24) is 9.80 Å². The summed E-state index contributed by atoms with van der Waals surface area (Å²) in [5.41, 5.74) is 0. The molecule has 0 bridgehead atoms. The molecular formula is C11H24N2O3S. The van der Waals surface area contributed by atoms with Crippen molar-refractivity contribution in [3.8, 4) is 0 Å². The van der Waals surface area contributed by atoms with E-state index >= 15 is 0 Å². The van der Waals surface area contributed by atoms with E-state index in [1.807, 2.05) is 18.7 Å². The predicted octanol–water partition coefficient (Wildman–Crippen LogP) is 0.220. The Morgan fingerprint density at radius 3 is 2.12 bits per heavy atom. The minimum absolute atomic E-state index is 0.00686. The van der Waals surface area contributed by atoms with Gasteiger partial charge < -0.3 is 4.90 Å². The lowest BCUT2D eigenvalue weighted by Crippen LogP contribution is -2.44. The number of hydrogen-bond donors (Lipinski definition) is 0. The van der Waals surface area contributed by atoms with E-state index in [-0.39, 0.29) is 30.0 Å². The molecule has 1 unspecified atom stereocenters. The molecule has 0 fully saturated rings. The van der Waals surface area contributed by atoms with Crippen molar-refractivity contribution >= 4 is 15.7 Å². The molecule has 102 valence electrons. The standard InChI is InChI=1S/C11H24N2O3S/c1-6-13(8-11(14)12(4)5)10(3)9-17(15,16)7-2/h10H,6-9H2,1-5H3. The highest BCUT2D eigenvalue weighted by Gasteiger charge is 2.21. The monoisotopic (exact) mass is 264 g/mol. The third kappa shape index (κ3) is 6.02. The molecule has 0 saturated heterocycles. The van der Waals surface area contributed by atoms with E-state index in [0.717, 1.165) is 0 Å².